The fourth-order valence-corrected chi connectivity index (χ4v) is 4.67. The molecular weight excluding hydrogens is 388 g/mol. The van der Waals surface area contributed by atoms with Crippen LogP contribution in [0.5, 0.6) is 0 Å². The third-order valence-electron chi connectivity index (χ3n) is 5.10. The van der Waals surface area contributed by atoms with Gasteiger partial charge in [-0.15, -0.1) is 11.3 Å². The summed E-state index contributed by atoms with van der Waals surface area (Å²) in [5.41, 5.74) is 6.60. The van der Waals surface area contributed by atoms with E-state index in [1.54, 1.807) is 18.2 Å². The van der Waals surface area contributed by atoms with Gasteiger partial charge in [0.15, 0.2) is 0 Å². The van der Waals surface area contributed by atoms with Crippen molar-refractivity contribution in [1.29, 1.82) is 0 Å². The molecule has 0 saturated carbocycles. The van der Waals surface area contributed by atoms with Crippen LogP contribution in [0.4, 0.5) is 0 Å². The number of hydrogen-bond acceptors (Lipinski definition) is 5. The van der Waals surface area contributed by atoms with E-state index in [0.717, 1.165) is 25.7 Å². The number of thiophene rings is 1. The summed E-state index contributed by atoms with van der Waals surface area (Å²) in [5, 5.41) is 0.515. The first kappa shape index (κ1) is 19.3. The van der Waals surface area contributed by atoms with Gasteiger partial charge in [0.25, 0.3) is 11.5 Å². The lowest BCUT2D eigenvalue weighted by Gasteiger charge is -2.08. The van der Waals surface area contributed by atoms with Crippen molar-refractivity contribution in [3.8, 4) is 0 Å². The van der Waals surface area contributed by atoms with Gasteiger partial charge in [-0.05, 0) is 49.4 Å². The molecule has 1 aromatic carbocycles. The van der Waals surface area contributed by atoms with Crippen LogP contribution in [-0.4, -0.2) is 21.4 Å². The van der Waals surface area contributed by atoms with Crippen LogP contribution in [-0.2, 0) is 24.2 Å². The Hall–Kier alpha value is -3.00. The Bertz CT molecular complexity index is 1100. The number of carbonyl (C=O) groups is 2. The fourth-order valence-electron chi connectivity index (χ4n) is 3.52. The van der Waals surface area contributed by atoms with Crippen molar-refractivity contribution in [2.24, 2.45) is 0 Å². The van der Waals surface area contributed by atoms with E-state index in [9.17, 15) is 14.4 Å². The average Bonchev–Trinajstić information content (AvgIpc) is 3.02. The van der Waals surface area contributed by atoms with Gasteiger partial charge < -0.3 is 0 Å². The molecule has 2 amide bonds. The van der Waals surface area contributed by atoms with E-state index in [0.29, 0.717) is 15.8 Å². The van der Waals surface area contributed by atoms with Crippen molar-refractivity contribution in [1.82, 2.24) is 20.4 Å². The standard InChI is InChI=1S/C21H22N4O3S/c26-19(10-11-25-13-22-16-8-5-4-7-15(16)21(25)28)23-24-20(27)18-12-14-6-2-1-3-9-17(14)29-18/h4-5,7-8,12-13H,1-3,6,9-11H2,(H,23,26)(H,24,27). The summed E-state index contributed by atoms with van der Waals surface area (Å²) in [6.07, 6.45) is 7.08. The smallest absolute Gasteiger partial charge is 0.279 e. The van der Waals surface area contributed by atoms with Crippen LogP contribution in [0.25, 0.3) is 10.9 Å². The number of benzene rings is 1. The second-order valence-corrected chi connectivity index (χ2v) is 8.27. The lowest BCUT2D eigenvalue weighted by atomic mass is 10.1. The monoisotopic (exact) mass is 410 g/mol. The van der Waals surface area contributed by atoms with Crippen molar-refractivity contribution >= 4 is 34.1 Å². The van der Waals surface area contributed by atoms with E-state index in [1.165, 1.54) is 39.1 Å². The minimum absolute atomic E-state index is 0.0567. The number of para-hydroxylation sites is 1. The molecular formula is C21H22N4O3S. The first-order chi connectivity index (χ1) is 14.1. The van der Waals surface area contributed by atoms with E-state index >= 15 is 0 Å². The Morgan fingerprint density at radius 3 is 2.83 bits per heavy atom. The summed E-state index contributed by atoms with van der Waals surface area (Å²) < 4.78 is 1.40. The summed E-state index contributed by atoms with van der Waals surface area (Å²) in [6.45, 7) is 0.186. The average molecular weight is 410 g/mol. The summed E-state index contributed by atoms with van der Waals surface area (Å²) in [7, 11) is 0. The number of hydrazine groups is 1. The highest BCUT2D eigenvalue weighted by Crippen LogP contribution is 2.28. The van der Waals surface area contributed by atoms with Crippen molar-refractivity contribution in [3.05, 3.63) is 62.3 Å². The van der Waals surface area contributed by atoms with Crippen LogP contribution in [0.3, 0.4) is 0 Å². The van der Waals surface area contributed by atoms with Crippen LogP contribution in [0.1, 0.15) is 45.8 Å². The minimum atomic E-state index is -0.364. The van der Waals surface area contributed by atoms with E-state index in [1.807, 2.05) is 12.1 Å². The van der Waals surface area contributed by atoms with Crippen LogP contribution in [0.2, 0.25) is 0 Å². The molecule has 8 heteroatoms. The summed E-state index contributed by atoms with van der Waals surface area (Å²) >= 11 is 1.50. The molecule has 2 heterocycles. The second kappa shape index (κ2) is 8.57. The number of nitrogens with zero attached hydrogens (tertiary/aromatic N) is 2. The Labute approximate surface area is 171 Å². The summed E-state index contributed by atoms with van der Waals surface area (Å²) in [4.78, 5) is 43.0. The molecule has 0 bridgehead atoms. The van der Waals surface area contributed by atoms with Gasteiger partial charge in [0, 0.05) is 17.8 Å². The number of carbonyl (C=O) groups excluding carboxylic acids is 2. The number of fused-ring (bicyclic) bond motifs is 2. The SMILES string of the molecule is O=C(CCn1cnc2ccccc2c1=O)NNC(=O)c1cc2c(s1)CCCCC2. The lowest BCUT2D eigenvalue weighted by Crippen LogP contribution is -2.41. The lowest BCUT2D eigenvalue weighted by molar-refractivity contribution is -0.122. The highest BCUT2D eigenvalue weighted by molar-refractivity contribution is 7.14. The Morgan fingerprint density at radius 2 is 1.93 bits per heavy atom. The first-order valence-electron chi connectivity index (χ1n) is 9.77. The third-order valence-corrected chi connectivity index (χ3v) is 6.33. The molecule has 0 unspecified atom stereocenters. The Balaban J connectivity index is 1.32. The molecule has 0 radical (unpaired) electrons. The summed E-state index contributed by atoms with van der Waals surface area (Å²) in [6, 6.07) is 9.02. The van der Waals surface area contributed by atoms with Gasteiger partial charge in [0.2, 0.25) is 5.91 Å². The molecule has 0 atom stereocenters. The highest BCUT2D eigenvalue weighted by atomic mass is 32.1. The third kappa shape index (κ3) is 4.37. The van der Waals surface area contributed by atoms with E-state index < -0.39 is 0 Å². The molecule has 1 aliphatic carbocycles. The van der Waals surface area contributed by atoms with E-state index in [-0.39, 0.29) is 30.3 Å². The van der Waals surface area contributed by atoms with Gasteiger partial charge in [0.1, 0.15) is 0 Å². The Kier molecular flexibility index (Phi) is 5.71. The maximum absolute atomic E-state index is 12.4. The van der Waals surface area contributed by atoms with Crippen molar-refractivity contribution < 1.29 is 9.59 Å². The quantitative estimate of drug-likeness (QED) is 0.511. The molecule has 7 nitrogen and oxygen atoms in total. The molecule has 4 rings (SSSR count). The van der Waals surface area contributed by atoms with Gasteiger partial charge in [-0.1, -0.05) is 18.6 Å². The van der Waals surface area contributed by atoms with Crippen LogP contribution >= 0.6 is 11.3 Å². The van der Waals surface area contributed by atoms with Gasteiger partial charge in [0.05, 0.1) is 22.1 Å². The maximum Gasteiger partial charge on any atom is 0.279 e. The predicted molar refractivity (Wildman–Crippen MR) is 112 cm³/mol. The largest absolute Gasteiger partial charge is 0.298 e. The van der Waals surface area contributed by atoms with Crippen LogP contribution in [0, 0.1) is 0 Å². The maximum atomic E-state index is 12.4. The van der Waals surface area contributed by atoms with Crippen LogP contribution in [0.15, 0.2) is 41.5 Å². The second-order valence-electron chi connectivity index (χ2n) is 7.13. The molecule has 2 aromatic heterocycles. The molecule has 0 fully saturated rings. The Morgan fingerprint density at radius 1 is 1.10 bits per heavy atom. The first-order valence-corrected chi connectivity index (χ1v) is 10.6. The minimum Gasteiger partial charge on any atom is -0.298 e. The number of hydrogen-bond donors (Lipinski definition) is 2. The number of aromatic nitrogens is 2. The zero-order valence-electron chi connectivity index (χ0n) is 15.9. The number of aryl methyl sites for hydroxylation is 3. The van der Waals surface area contributed by atoms with Crippen molar-refractivity contribution in [2.75, 3.05) is 0 Å². The molecule has 3 aromatic rings. The zero-order valence-corrected chi connectivity index (χ0v) is 16.8. The van der Waals surface area contributed by atoms with Gasteiger partial charge in [-0.25, -0.2) is 4.98 Å². The molecule has 29 heavy (non-hydrogen) atoms. The molecule has 2 N–H and O–H groups in total. The number of nitrogens with one attached hydrogen (secondary N) is 2. The van der Waals surface area contributed by atoms with E-state index in [2.05, 4.69) is 15.8 Å². The van der Waals surface area contributed by atoms with Gasteiger partial charge >= 0.3 is 0 Å². The predicted octanol–water partition coefficient (Wildman–Crippen LogP) is 2.58. The molecule has 1 aliphatic rings. The number of rotatable bonds is 4. The molecule has 0 saturated heterocycles. The van der Waals surface area contributed by atoms with E-state index in [4.69, 9.17) is 0 Å². The van der Waals surface area contributed by atoms with Gasteiger partial charge in [-0.3, -0.25) is 29.8 Å². The highest BCUT2D eigenvalue weighted by Gasteiger charge is 2.17. The fraction of sp³-hybridized carbons (Fsp3) is 0.333. The zero-order chi connectivity index (χ0) is 20.2. The molecule has 0 spiro atoms. The summed E-state index contributed by atoms with van der Waals surface area (Å²) in [5.74, 6) is -0.669. The van der Waals surface area contributed by atoms with Crippen molar-refractivity contribution in [3.63, 3.8) is 0 Å². The van der Waals surface area contributed by atoms with Crippen LogP contribution < -0.4 is 16.4 Å². The molecule has 0 aliphatic heterocycles. The normalized spacial score (nSPS) is 13.5. The molecule has 150 valence electrons. The number of amides is 2. The van der Waals surface area contributed by atoms with Crippen molar-refractivity contribution in [2.45, 2.75) is 45.1 Å². The topological polar surface area (TPSA) is 93.1 Å². The van der Waals surface area contributed by atoms with Gasteiger partial charge in [-0.2, -0.15) is 0 Å².